The molecule has 0 aromatic carbocycles. The summed E-state index contributed by atoms with van der Waals surface area (Å²) in [5, 5.41) is 3.48. The normalized spacial score (nSPS) is 29.0. The lowest BCUT2D eigenvalue weighted by molar-refractivity contribution is -0.158. The molecule has 1 spiro atoms. The van der Waals surface area contributed by atoms with Crippen LogP contribution in [0.4, 0.5) is 0 Å². The highest BCUT2D eigenvalue weighted by molar-refractivity contribution is 6.37. The quantitative estimate of drug-likeness (QED) is 0.818. The zero-order valence-electron chi connectivity index (χ0n) is 16.3. The Morgan fingerprint density at radius 1 is 1.44 bits per heavy atom. The van der Waals surface area contributed by atoms with Crippen LogP contribution >= 0.6 is 0 Å². The predicted octanol–water partition coefficient (Wildman–Crippen LogP) is 1.80. The molecule has 4 rings (SSSR count). The van der Waals surface area contributed by atoms with E-state index < -0.39 is 0 Å². The summed E-state index contributed by atoms with van der Waals surface area (Å²) in [5.41, 5.74) is 1.78. The van der Waals surface area contributed by atoms with Crippen molar-refractivity contribution in [2.24, 2.45) is 16.3 Å². The first-order valence-corrected chi connectivity index (χ1v) is 9.94. The number of ketones is 1. The molecule has 0 bridgehead atoms. The largest absolute Gasteiger partial charge is 0.341 e. The second-order valence-corrected chi connectivity index (χ2v) is 8.76. The number of nitrogens with zero attached hydrogens (tertiary/aromatic N) is 3. The van der Waals surface area contributed by atoms with Crippen molar-refractivity contribution >= 4 is 17.9 Å². The van der Waals surface area contributed by atoms with E-state index >= 15 is 0 Å². The second-order valence-electron chi connectivity index (χ2n) is 8.76. The van der Waals surface area contributed by atoms with Crippen LogP contribution in [0.5, 0.6) is 0 Å². The van der Waals surface area contributed by atoms with Gasteiger partial charge in [0.25, 0.3) is 0 Å². The van der Waals surface area contributed by atoms with E-state index in [0.29, 0.717) is 22.9 Å². The summed E-state index contributed by atoms with van der Waals surface area (Å²) >= 11 is 0. The third-order valence-corrected chi connectivity index (χ3v) is 6.58. The zero-order chi connectivity index (χ0) is 19.2. The Morgan fingerprint density at radius 2 is 2.19 bits per heavy atom. The Balaban J connectivity index is 0.00000225. The second kappa shape index (κ2) is 6.99. The number of Topliss-reactive ketones (excluding diaryl/α,β-unsaturated/α-hetero) is 1. The molecule has 0 aromatic rings. The Kier molecular flexibility index (Phi) is 4.80. The molecule has 1 saturated carbocycles. The molecule has 2 saturated heterocycles. The number of aliphatic imine (C=N–C) groups is 1. The zero-order valence-corrected chi connectivity index (χ0v) is 16.3. The van der Waals surface area contributed by atoms with Gasteiger partial charge in [0.15, 0.2) is 6.17 Å². The molecule has 6 heteroatoms. The number of allylic oxidation sites excluding steroid dienone is 2. The number of hydrogen-bond donors (Lipinski definition) is 1. The molecule has 3 fully saturated rings. The Hall–Kier alpha value is -1.79. The molecular weight excluding hydrogens is 340 g/mol. The van der Waals surface area contributed by atoms with Crippen LogP contribution in [0.15, 0.2) is 28.8 Å². The molecule has 6 nitrogen and oxygen atoms in total. The van der Waals surface area contributed by atoms with E-state index in [2.05, 4.69) is 33.7 Å². The highest BCUT2D eigenvalue weighted by Gasteiger charge is 2.54. The number of likely N-dealkylation sites (tertiary alicyclic amines) is 2. The Bertz CT molecular complexity index is 718. The molecule has 0 unspecified atom stereocenters. The number of carbonyl (C=O) groups excluding carboxylic acids is 2. The minimum atomic E-state index is -0.0837. The van der Waals surface area contributed by atoms with Gasteiger partial charge in [0.2, 0.25) is 11.7 Å². The topological polar surface area (TPSA) is 65.0 Å². The molecule has 1 radical (unpaired) electrons. The van der Waals surface area contributed by atoms with E-state index in [4.69, 9.17) is 0 Å². The first-order chi connectivity index (χ1) is 12.9. The van der Waals surface area contributed by atoms with E-state index in [1.807, 2.05) is 6.92 Å². The van der Waals surface area contributed by atoms with Crippen LogP contribution in [0.25, 0.3) is 0 Å². The first kappa shape index (κ1) is 18.6. The molecule has 1 amide bonds. The average molecular weight is 372 g/mol. The van der Waals surface area contributed by atoms with E-state index in [9.17, 15) is 9.59 Å². The van der Waals surface area contributed by atoms with Crippen LogP contribution in [0.2, 0.25) is 0 Å². The van der Waals surface area contributed by atoms with Crippen LogP contribution in [0, 0.1) is 17.5 Å². The number of nitrogens with one attached hydrogen (secondary N) is 1. The van der Waals surface area contributed by atoms with Crippen LogP contribution in [0.1, 0.15) is 34.0 Å². The summed E-state index contributed by atoms with van der Waals surface area (Å²) in [6.07, 6.45) is 8.02. The average Bonchev–Trinajstić information content (AvgIpc) is 2.57. The minimum Gasteiger partial charge on any atom is -0.341 e. The predicted molar refractivity (Wildman–Crippen MR) is 107 cm³/mol. The Labute approximate surface area is 162 Å². The van der Waals surface area contributed by atoms with Gasteiger partial charge in [-0.25, -0.2) is 0 Å². The van der Waals surface area contributed by atoms with Crippen LogP contribution in [0.3, 0.4) is 0 Å². The molecule has 1 atom stereocenters. The van der Waals surface area contributed by atoms with Crippen molar-refractivity contribution in [3.05, 3.63) is 30.0 Å². The van der Waals surface area contributed by atoms with Crippen molar-refractivity contribution < 1.29 is 11.0 Å². The lowest BCUT2D eigenvalue weighted by Crippen LogP contribution is -2.68. The van der Waals surface area contributed by atoms with Crippen LogP contribution < -0.4 is 5.32 Å². The molecule has 3 aliphatic heterocycles. The number of amides is 1. The number of rotatable bonds is 4. The van der Waals surface area contributed by atoms with Gasteiger partial charge in [0.1, 0.15) is 0 Å². The Morgan fingerprint density at radius 3 is 2.85 bits per heavy atom. The van der Waals surface area contributed by atoms with Crippen molar-refractivity contribution in [1.29, 1.82) is 0 Å². The van der Waals surface area contributed by atoms with E-state index in [1.54, 1.807) is 6.08 Å². The van der Waals surface area contributed by atoms with Gasteiger partial charge in [0.05, 0.1) is 12.1 Å². The van der Waals surface area contributed by atoms with Gasteiger partial charge < -0.3 is 9.80 Å². The first-order valence-electron chi connectivity index (χ1n) is 9.94. The lowest BCUT2D eigenvalue weighted by atomic mass is 9.60. The van der Waals surface area contributed by atoms with E-state index in [0.717, 1.165) is 63.6 Å². The summed E-state index contributed by atoms with van der Waals surface area (Å²) in [6, 6.07) is 0.365. The molecule has 4 aliphatic rings. The van der Waals surface area contributed by atoms with Crippen molar-refractivity contribution in [2.45, 2.75) is 38.6 Å². The highest BCUT2D eigenvalue weighted by atomic mass is 16.2. The van der Waals surface area contributed by atoms with Gasteiger partial charge >= 0.3 is 0 Å². The number of piperidine rings is 1. The minimum absolute atomic E-state index is 0. The third kappa shape index (κ3) is 3.41. The number of hydrogen-bond acceptors (Lipinski definition) is 5. The lowest BCUT2D eigenvalue weighted by Gasteiger charge is -2.60. The van der Waals surface area contributed by atoms with Crippen molar-refractivity contribution in [3.63, 3.8) is 0 Å². The molecule has 147 valence electrons. The van der Waals surface area contributed by atoms with E-state index in [-0.39, 0.29) is 13.1 Å². The number of carbonyl (C=O) groups is 2. The van der Waals surface area contributed by atoms with Gasteiger partial charge in [-0.2, -0.15) is 0 Å². The third-order valence-electron chi connectivity index (χ3n) is 6.58. The van der Waals surface area contributed by atoms with Crippen LogP contribution in [-0.4, -0.2) is 67.0 Å². The van der Waals surface area contributed by atoms with Gasteiger partial charge in [-0.3, -0.25) is 19.9 Å². The SMILES string of the molecule is C=CC1=C(C)[C](NC2CC3(C2)CN(C(=O)[C@H]2CCCN(C)C2)C3)N=CC1=O.[HH]. The highest BCUT2D eigenvalue weighted by Crippen LogP contribution is 2.49. The fraction of sp³-hybridized carbons (Fsp3) is 0.619. The standard InChI is InChI=1S/C21H29N4O2.H2/c1-4-17-14(2)19(22-10-18(17)26)23-16-8-21(9-16)12-25(13-21)20(27)15-6-5-7-24(3)11-15;/h4,10,15-16,23H,1,5-9,11-13H2,2-3H3;1H/t15-;/m0./s1. The van der Waals surface area contributed by atoms with Crippen molar-refractivity contribution in [3.8, 4) is 0 Å². The van der Waals surface area contributed by atoms with Gasteiger partial charge in [0, 0.05) is 38.1 Å². The fourth-order valence-corrected chi connectivity index (χ4v) is 5.09. The van der Waals surface area contributed by atoms with E-state index in [1.165, 1.54) is 6.21 Å². The summed E-state index contributed by atoms with van der Waals surface area (Å²) in [4.78, 5) is 33.1. The molecule has 3 heterocycles. The summed E-state index contributed by atoms with van der Waals surface area (Å²) < 4.78 is 0. The van der Waals surface area contributed by atoms with Gasteiger partial charge in [-0.05, 0) is 51.8 Å². The summed E-state index contributed by atoms with van der Waals surface area (Å²) in [7, 11) is 2.10. The maximum absolute atomic E-state index is 12.7. The monoisotopic (exact) mass is 371 g/mol. The van der Waals surface area contributed by atoms with Crippen molar-refractivity contribution in [1.82, 2.24) is 15.1 Å². The molecule has 1 aliphatic carbocycles. The number of dihydropyridines is 1. The molecule has 1 N–H and O–H groups in total. The molecular formula is C21H31N4O2. The molecule has 27 heavy (non-hydrogen) atoms. The fourth-order valence-electron chi connectivity index (χ4n) is 5.09. The van der Waals surface area contributed by atoms with Gasteiger partial charge in [-0.1, -0.05) is 12.7 Å². The van der Waals surface area contributed by atoms with Gasteiger partial charge in [-0.15, -0.1) is 0 Å². The van der Waals surface area contributed by atoms with Crippen molar-refractivity contribution in [2.75, 3.05) is 33.2 Å². The maximum Gasteiger partial charge on any atom is 0.227 e. The molecule has 0 aromatic heterocycles. The smallest absolute Gasteiger partial charge is 0.227 e. The van der Waals surface area contributed by atoms with Crippen LogP contribution in [-0.2, 0) is 9.59 Å². The summed E-state index contributed by atoms with van der Waals surface area (Å²) in [6.45, 7) is 9.44. The summed E-state index contributed by atoms with van der Waals surface area (Å²) in [5.74, 6) is 0.451. The maximum atomic E-state index is 12.7.